The maximum Gasteiger partial charge on any atom is 0.139 e. The van der Waals surface area contributed by atoms with Gasteiger partial charge in [0.15, 0.2) is 0 Å². The highest BCUT2D eigenvalue weighted by atomic mass is 16.3. The van der Waals surface area contributed by atoms with Gasteiger partial charge in [-0.05, 0) is 17.2 Å². The fraction of sp³-hybridized carbons (Fsp3) is 0.167. The molecule has 0 saturated carbocycles. The summed E-state index contributed by atoms with van der Waals surface area (Å²) in [5, 5.41) is 18.7. The molecule has 0 bridgehead atoms. The first-order valence-corrected chi connectivity index (χ1v) is 4.07. The van der Waals surface area contributed by atoms with Gasteiger partial charge in [0.1, 0.15) is 12.2 Å². The summed E-state index contributed by atoms with van der Waals surface area (Å²) in [5.41, 5.74) is 1.11. The fourth-order valence-electron chi connectivity index (χ4n) is 1.09. The summed E-state index contributed by atoms with van der Waals surface area (Å²) in [4.78, 5) is 0. The highest BCUT2D eigenvalue weighted by Crippen LogP contribution is 2.18. The average molecular weight is 186 g/mol. The van der Waals surface area contributed by atoms with Gasteiger partial charge in [0, 0.05) is 0 Å². The highest BCUT2D eigenvalue weighted by molar-refractivity contribution is 5.32. The second kappa shape index (κ2) is 4.48. The molecule has 0 aliphatic carbocycles. The second-order valence-corrected chi connectivity index (χ2v) is 2.81. The van der Waals surface area contributed by atoms with E-state index in [0.717, 1.165) is 0 Å². The lowest BCUT2D eigenvalue weighted by atomic mass is 10.0. The SMILES string of the molecule is C#C[C@H](O)c1cccc([C@@H](O)C#C)c1. The van der Waals surface area contributed by atoms with Crippen LogP contribution in [0, 0.1) is 24.7 Å². The van der Waals surface area contributed by atoms with Crippen LogP contribution < -0.4 is 0 Å². The molecular weight excluding hydrogens is 176 g/mol. The van der Waals surface area contributed by atoms with Gasteiger partial charge < -0.3 is 10.2 Å². The monoisotopic (exact) mass is 186 g/mol. The Hall–Kier alpha value is -1.74. The van der Waals surface area contributed by atoms with Crippen LogP contribution in [0.2, 0.25) is 0 Å². The van der Waals surface area contributed by atoms with Crippen molar-refractivity contribution < 1.29 is 10.2 Å². The van der Waals surface area contributed by atoms with Gasteiger partial charge in [-0.25, -0.2) is 0 Å². The van der Waals surface area contributed by atoms with Gasteiger partial charge in [0.25, 0.3) is 0 Å². The Labute approximate surface area is 83.2 Å². The Kier molecular flexibility index (Phi) is 3.31. The van der Waals surface area contributed by atoms with Crippen molar-refractivity contribution in [2.45, 2.75) is 12.2 Å². The van der Waals surface area contributed by atoms with E-state index in [4.69, 9.17) is 12.8 Å². The van der Waals surface area contributed by atoms with Crippen molar-refractivity contribution in [3.8, 4) is 24.7 Å². The van der Waals surface area contributed by atoms with Crippen molar-refractivity contribution in [2.75, 3.05) is 0 Å². The Morgan fingerprint density at radius 2 is 1.43 bits per heavy atom. The Morgan fingerprint density at radius 3 is 1.79 bits per heavy atom. The van der Waals surface area contributed by atoms with Gasteiger partial charge in [0.05, 0.1) is 0 Å². The first kappa shape index (κ1) is 10.3. The predicted molar refractivity (Wildman–Crippen MR) is 54.0 cm³/mol. The summed E-state index contributed by atoms with van der Waals surface area (Å²) >= 11 is 0. The number of terminal acetylenes is 2. The van der Waals surface area contributed by atoms with E-state index in [0.29, 0.717) is 11.1 Å². The largest absolute Gasteiger partial charge is 0.376 e. The number of aliphatic hydroxyl groups excluding tert-OH is 2. The van der Waals surface area contributed by atoms with Crippen LogP contribution >= 0.6 is 0 Å². The molecule has 2 heteroatoms. The number of hydrogen-bond acceptors (Lipinski definition) is 2. The quantitative estimate of drug-likeness (QED) is 0.677. The highest BCUT2D eigenvalue weighted by Gasteiger charge is 2.07. The molecule has 0 aliphatic rings. The molecule has 0 aromatic heterocycles. The van der Waals surface area contributed by atoms with Gasteiger partial charge in [-0.3, -0.25) is 0 Å². The molecule has 0 radical (unpaired) electrons. The Morgan fingerprint density at radius 1 is 1.00 bits per heavy atom. The zero-order valence-electron chi connectivity index (χ0n) is 7.51. The predicted octanol–water partition coefficient (Wildman–Crippen LogP) is 1.02. The van der Waals surface area contributed by atoms with Crippen LogP contribution in [0.1, 0.15) is 23.3 Å². The lowest BCUT2D eigenvalue weighted by Gasteiger charge is -2.08. The summed E-state index contributed by atoms with van der Waals surface area (Å²) in [6.07, 6.45) is 8.20. The van der Waals surface area contributed by atoms with Crippen LogP contribution in [-0.2, 0) is 0 Å². The van der Waals surface area contributed by atoms with E-state index < -0.39 is 12.2 Å². The molecule has 0 amide bonds. The molecule has 0 spiro atoms. The minimum atomic E-state index is -0.958. The van der Waals surface area contributed by atoms with Crippen LogP contribution in [0.3, 0.4) is 0 Å². The first-order valence-electron chi connectivity index (χ1n) is 4.07. The normalized spacial score (nSPS) is 13.7. The molecular formula is C12H10O2. The summed E-state index contributed by atoms with van der Waals surface area (Å²) < 4.78 is 0. The molecule has 1 rings (SSSR count). The molecule has 2 N–H and O–H groups in total. The van der Waals surface area contributed by atoms with Crippen molar-refractivity contribution >= 4 is 0 Å². The molecule has 0 unspecified atom stereocenters. The van der Waals surface area contributed by atoms with E-state index in [1.54, 1.807) is 24.3 Å². The van der Waals surface area contributed by atoms with Gasteiger partial charge in [-0.15, -0.1) is 12.8 Å². The van der Waals surface area contributed by atoms with Crippen molar-refractivity contribution in [1.82, 2.24) is 0 Å². The molecule has 14 heavy (non-hydrogen) atoms. The summed E-state index contributed by atoms with van der Waals surface area (Å²) in [5.74, 6) is 4.38. The van der Waals surface area contributed by atoms with Crippen LogP contribution in [-0.4, -0.2) is 10.2 Å². The molecule has 70 valence electrons. The summed E-state index contributed by atoms with van der Waals surface area (Å²) in [6, 6.07) is 6.63. The lowest BCUT2D eigenvalue weighted by Crippen LogP contribution is -1.98. The minimum Gasteiger partial charge on any atom is -0.376 e. The van der Waals surface area contributed by atoms with Crippen LogP contribution in [0.5, 0.6) is 0 Å². The summed E-state index contributed by atoms with van der Waals surface area (Å²) in [7, 11) is 0. The maximum atomic E-state index is 9.34. The molecule has 0 saturated heterocycles. The third-order valence-corrected chi connectivity index (χ3v) is 1.86. The van der Waals surface area contributed by atoms with E-state index in [-0.39, 0.29) is 0 Å². The van der Waals surface area contributed by atoms with E-state index >= 15 is 0 Å². The lowest BCUT2D eigenvalue weighted by molar-refractivity contribution is 0.232. The van der Waals surface area contributed by atoms with E-state index in [1.807, 2.05) is 0 Å². The number of benzene rings is 1. The second-order valence-electron chi connectivity index (χ2n) is 2.81. The maximum absolute atomic E-state index is 9.34. The van der Waals surface area contributed by atoms with Crippen LogP contribution in [0.4, 0.5) is 0 Å². The van der Waals surface area contributed by atoms with Crippen LogP contribution in [0.25, 0.3) is 0 Å². The molecule has 2 nitrogen and oxygen atoms in total. The fourth-order valence-corrected chi connectivity index (χ4v) is 1.09. The smallest absolute Gasteiger partial charge is 0.139 e. The van der Waals surface area contributed by atoms with Gasteiger partial charge in [0.2, 0.25) is 0 Å². The van der Waals surface area contributed by atoms with Crippen molar-refractivity contribution in [1.29, 1.82) is 0 Å². The third kappa shape index (κ3) is 2.14. The minimum absolute atomic E-state index is 0.555. The number of aliphatic hydroxyl groups is 2. The van der Waals surface area contributed by atoms with E-state index in [2.05, 4.69) is 11.8 Å². The zero-order valence-corrected chi connectivity index (χ0v) is 7.51. The standard InChI is InChI=1S/C12H10O2/c1-3-11(13)9-6-5-7-10(8-9)12(14)4-2/h1-2,5-8,11-14H/t11-,12-/m0/s1. The zero-order chi connectivity index (χ0) is 10.6. The van der Waals surface area contributed by atoms with Gasteiger partial charge in [-0.2, -0.15) is 0 Å². The van der Waals surface area contributed by atoms with E-state index in [1.165, 1.54) is 0 Å². The van der Waals surface area contributed by atoms with Gasteiger partial charge in [-0.1, -0.05) is 30.0 Å². The van der Waals surface area contributed by atoms with Crippen molar-refractivity contribution in [2.24, 2.45) is 0 Å². The molecule has 0 aliphatic heterocycles. The molecule has 1 aromatic carbocycles. The molecule has 0 fully saturated rings. The molecule has 2 atom stereocenters. The molecule has 1 aromatic rings. The van der Waals surface area contributed by atoms with E-state index in [9.17, 15) is 10.2 Å². The third-order valence-electron chi connectivity index (χ3n) is 1.86. The number of hydrogen-bond donors (Lipinski definition) is 2. The number of rotatable bonds is 2. The summed E-state index contributed by atoms with van der Waals surface area (Å²) in [6.45, 7) is 0. The average Bonchev–Trinajstić information content (AvgIpc) is 2.27. The Bertz CT molecular complexity index is 360. The van der Waals surface area contributed by atoms with Crippen LogP contribution in [0.15, 0.2) is 24.3 Å². The molecule has 0 heterocycles. The first-order chi connectivity index (χ1) is 6.69. The topological polar surface area (TPSA) is 40.5 Å². The van der Waals surface area contributed by atoms with Gasteiger partial charge >= 0.3 is 0 Å². The Balaban J connectivity index is 3.03. The van der Waals surface area contributed by atoms with Crippen molar-refractivity contribution in [3.63, 3.8) is 0 Å². The van der Waals surface area contributed by atoms with Crippen molar-refractivity contribution in [3.05, 3.63) is 35.4 Å².